The topological polar surface area (TPSA) is 174 Å². The van der Waals surface area contributed by atoms with Gasteiger partial charge in [0, 0.05) is 44.7 Å². The van der Waals surface area contributed by atoms with E-state index in [1.165, 1.54) is 33.5 Å². The summed E-state index contributed by atoms with van der Waals surface area (Å²) in [6.45, 7) is 4.27. The van der Waals surface area contributed by atoms with Gasteiger partial charge in [-0.1, -0.05) is 0 Å². The van der Waals surface area contributed by atoms with Crippen molar-refractivity contribution >= 4 is 38.9 Å². The zero-order chi connectivity index (χ0) is 27.6. The summed E-state index contributed by atoms with van der Waals surface area (Å²) in [4.78, 5) is 36.3. The molecule has 202 valence electrons. The minimum absolute atomic E-state index is 0.0440. The van der Waals surface area contributed by atoms with Crippen molar-refractivity contribution in [3.8, 4) is 0 Å². The number of nitro groups is 1. The van der Waals surface area contributed by atoms with Gasteiger partial charge in [0.05, 0.1) is 39.3 Å². The van der Waals surface area contributed by atoms with Gasteiger partial charge in [-0.3, -0.25) is 29.1 Å². The van der Waals surface area contributed by atoms with E-state index in [-0.39, 0.29) is 53.8 Å². The molecule has 0 atom stereocenters. The number of sulfonamides is 1. The summed E-state index contributed by atoms with van der Waals surface area (Å²) in [6, 6.07) is 4.70. The zero-order valence-corrected chi connectivity index (χ0v) is 21.9. The van der Waals surface area contributed by atoms with Gasteiger partial charge in [0.25, 0.3) is 11.6 Å². The maximum Gasteiger partial charge on any atom is 0.276 e. The van der Waals surface area contributed by atoms with Crippen LogP contribution in [0.2, 0.25) is 0 Å². The van der Waals surface area contributed by atoms with Crippen LogP contribution in [-0.4, -0.2) is 62.1 Å². The Morgan fingerprint density at radius 1 is 1.08 bits per heavy atom. The Bertz CT molecular complexity index is 1470. The van der Waals surface area contributed by atoms with Gasteiger partial charge in [0.1, 0.15) is 5.69 Å². The van der Waals surface area contributed by atoms with Crippen LogP contribution in [0.1, 0.15) is 35.9 Å². The molecule has 0 spiro atoms. The summed E-state index contributed by atoms with van der Waals surface area (Å²) < 4.78 is 30.3. The van der Waals surface area contributed by atoms with Crippen LogP contribution in [0.3, 0.4) is 0 Å². The largest absolute Gasteiger partial charge is 0.323 e. The molecule has 3 aromatic rings. The predicted molar refractivity (Wildman–Crippen MR) is 137 cm³/mol. The van der Waals surface area contributed by atoms with Gasteiger partial charge in [-0.05, 0) is 38.8 Å². The normalized spacial score (nSPS) is 14.8. The number of aromatic nitrogens is 4. The number of benzene rings is 1. The van der Waals surface area contributed by atoms with Crippen molar-refractivity contribution in [2.24, 2.45) is 13.0 Å². The first-order valence-corrected chi connectivity index (χ1v) is 13.4. The minimum Gasteiger partial charge on any atom is -0.323 e. The maximum atomic E-state index is 13.1. The number of hydrogen-bond donors (Lipinski definition) is 2. The molecular weight excluding hydrogens is 516 g/mol. The van der Waals surface area contributed by atoms with Gasteiger partial charge in [-0.2, -0.15) is 14.5 Å². The average Bonchev–Trinajstić information content (AvgIpc) is 3.46. The highest BCUT2D eigenvalue weighted by molar-refractivity contribution is 7.89. The van der Waals surface area contributed by atoms with Crippen molar-refractivity contribution in [2.45, 2.75) is 38.1 Å². The van der Waals surface area contributed by atoms with Crippen LogP contribution in [0.4, 0.5) is 17.1 Å². The monoisotopic (exact) mass is 544 g/mol. The standard InChI is InChI=1S/C23H28N8O6S/c1-4-30-21(23(33)26-19-13-24-28(3)15(19)2)20(14-25-30)27-22(32)16-9-11-29(12-10-16)38(36,37)18-7-5-17(6-8-18)31(34)35/h5-8,13-14,16H,4,9-12H2,1-3H3,(H,26,33)(H,27,32). The summed E-state index contributed by atoms with van der Waals surface area (Å²) in [5.74, 6) is -1.25. The van der Waals surface area contributed by atoms with Crippen LogP contribution in [0.5, 0.6) is 0 Å². The molecule has 4 rings (SSSR count). The number of non-ortho nitro benzene ring substituents is 1. The van der Waals surface area contributed by atoms with Crippen molar-refractivity contribution in [2.75, 3.05) is 23.7 Å². The van der Waals surface area contributed by atoms with Crippen LogP contribution in [-0.2, 0) is 28.4 Å². The van der Waals surface area contributed by atoms with Crippen molar-refractivity contribution < 1.29 is 22.9 Å². The van der Waals surface area contributed by atoms with Gasteiger partial charge in [-0.15, -0.1) is 0 Å². The van der Waals surface area contributed by atoms with Crippen molar-refractivity contribution in [1.29, 1.82) is 0 Å². The van der Waals surface area contributed by atoms with E-state index in [9.17, 15) is 28.1 Å². The fourth-order valence-corrected chi connectivity index (χ4v) is 5.71. The van der Waals surface area contributed by atoms with Crippen molar-refractivity contribution in [3.63, 3.8) is 0 Å². The highest BCUT2D eigenvalue weighted by Crippen LogP contribution is 2.27. The van der Waals surface area contributed by atoms with Gasteiger partial charge < -0.3 is 10.6 Å². The van der Waals surface area contributed by atoms with E-state index in [1.54, 1.807) is 11.7 Å². The molecule has 0 bridgehead atoms. The first-order valence-electron chi connectivity index (χ1n) is 11.9. The molecule has 2 amide bonds. The van der Waals surface area contributed by atoms with Crippen LogP contribution in [0.25, 0.3) is 0 Å². The number of anilines is 2. The zero-order valence-electron chi connectivity index (χ0n) is 21.1. The van der Waals surface area contributed by atoms with Gasteiger partial charge in [0.15, 0.2) is 0 Å². The fraction of sp³-hybridized carbons (Fsp3) is 0.391. The fourth-order valence-electron chi connectivity index (χ4n) is 4.24. The summed E-state index contributed by atoms with van der Waals surface area (Å²) >= 11 is 0. The summed E-state index contributed by atoms with van der Waals surface area (Å²) in [5.41, 5.74) is 1.57. The van der Waals surface area contributed by atoms with E-state index < -0.39 is 26.8 Å². The quantitative estimate of drug-likeness (QED) is 0.320. The van der Waals surface area contributed by atoms with Gasteiger partial charge >= 0.3 is 0 Å². The molecule has 2 aromatic heterocycles. The molecule has 2 N–H and O–H groups in total. The van der Waals surface area contributed by atoms with Crippen LogP contribution < -0.4 is 10.6 Å². The first kappa shape index (κ1) is 26.9. The molecule has 38 heavy (non-hydrogen) atoms. The summed E-state index contributed by atoms with van der Waals surface area (Å²) in [7, 11) is -2.10. The molecule has 0 unspecified atom stereocenters. The van der Waals surface area contributed by atoms with Gasteiger partial charge in [-0.25, -0.2) is 8.42 Å². The smallest absolute Gasteiger partial charge is 0.276 e. The van der Waals surface area contributed by atoms with Gasteiger partial charge in [0.2, 0.25) is 15.9 Å². The number of carbonyl (C=O) groups excluding carboxylic acids is 2. The number of nitro benzene ring substituents is 1. The van der Waals surface area contributed by atoms with E-state index in [2.05, 4.69) is 20.8 Å². The lowest BCUT2D eigenvalue weighted by atomic mass is 9.97. The minimum atomic E-state index is -3.86. The van der Waals surface area contributed by atoms with Crippen LogP contribution >= 0.6 is 0 Å². The number of piperidine rings is 1. The third-order valence-corrected chi connectivity index (χ3v) is 8.52. The Morgan fingerprint density at radius 3 is 2.26 bits per heavy atom. The number of amides is 2. The third kappa shape index (κ3) is 5.28. The van der Waals surface area contributed by atoms with E-state index in [1.807, 2.05) is 13.8 Å². The number of rotatable bonds is 8. The molecule has 0 saturated carbocycles. The molecule has 0 aliphatic carbocycles. The lowest BCUT2D eigenvalue weighted by molar-refractivity contribution is -0.384. The molecule has 3 heterocycles. The molecule has 1 aromatic carbocycles. The molecule has 1 saturated heterocycles. The molecular formula is C23H28N8O6S. The second-order valence-corrected chi connectivity index (χ2v) is 10.8. The molecule has 1 fully saturated rings. The van der Waals surface area contributed by atoms with E-state index >= 15 is 0 Å². The number of hydrogen-bond acceptors (Lipinski definition) is 8. The van der Waals surface area contributed by atoms with E-state index in [4.69, 9.17) is 0 Å². The van der Waals surface area contributed by atoms with Crippen molar-refractivity contribution in [3.05, 3.63) is 58.2 Å². The lowest BCUT2D eigenvalue weighted by Crippen LogP contribution is -2.41. The Labute approximate surface area is 218 Å². The van der Waals surface area contributed by atoms with E-state index in [0.29, 0.717) is 12.2 Å². The van der Waals surface area contributed by atoms with E-state index in [0.717, 1.165) is 17.8 Å². The average molecular weight is 545 g/mol. The number of nitrogens with one attached hydrogen (secondary N) is 2. The lowest BCUT2D eigenvalue weighted by Gasteiger charge is -2.30. The number of aryl methyl sites for hydroxylation is 2. The Kier molecular flexibility index (Phi) is 7.59. The van der Waals surface area contributed by atoms with Crippen molar-refractivity contribution in [1.82, 2.24) is 23.9 Å². The third-order valence-electron chi connectivity index (χ3n) is 6.61. The number of carbonyl (C=O) groups is 2. The number of nitrogens with zero attached hydrogens (tertiary/aromatic N) is 6. The Morgan fingerprint density at radius 2 is 1.71 bits per heavy atom. The highest BCUT2D eigenvalue weighted by Gasteiger charge is 2.33. The summed E-state index contributed by atoms with van der Waals surface area (Å²) in [5, 5.41) is 24.8. The molecule has 15 heteroatoms. The second kappa shape index (κ2) is 10.7. The highest BCUT2D eigenvalue weighted by atomic mass is 32.2. The molecule has 0 radical (unpaired) electrons. The first-order chi connectivity index (χ1) is 18.0. The predicted octanol–water partition coefficient (Wildman–Crippen LogP) is 2.14. The summed E-state index contributed by atoms with van der Waals surface area (Å²) in [6.07, 6.45) is 3.50. The molecule has 1 aliphatic rings. The Hall–Kier alpha value is -4.11. The van der Waals surface area contributed by atoms with Crippen LogP contribution in [0.15, 0.2) is 41.6 Å². The Balaban J connectivity index is 1.42. The molecule has 1 aliphatic heterocycles. The molecule has 14 nitrogen and oxygen atoms in total. The second-order valence-electron chi connectivity index (χ2n) is 8.86. The maximum absolute atomic E-state index is 13.1. The SMILES string of the molecule is CCn1ncc(NC(=O)C2CCN(S(=O)(=O)c3ccc([N+](=O)[O-])cc3)CC2)c1C(=O)Nc1cnn(C)c1C. The van der Waals surface area contributed by atoms with Crippen LogP contribution in [0, 0.1) is 23.0 Å².